The van der Waals surface area contributed by atoms with Crippen LogP contribution < -0.4 is 10.6 Å². The second-order valence-corrected chi connectivity index (χ2v) is 4.56. The van der Waals surface area contributed by atoms with Crippen LogP contribution in [-0.2, 0) is 17.9 Å². The molecule has 0 spiro atoms. The predicted molar refractivity (Wildman–Crippen MR) is 78.0 cm³/mol. The van der Waals surface area contributed by atoms with Crippen molar-refractivity contribution < 1.29 is 4.79 Å². The smallest absolute Gasteiger partial charge is 0.221 e. The maximum absolute atomic E-state index is 11.3. The number of benzene rings is 1. The summed E-state index contributed by atoms with van der Waals surface area (Å²) in [6.07, 6.45) is 2.57. The molecule has 4 heteroatoms. The zero-order chi connectivity index (χ0) is 13.7. The summed E-state index contributed by atoms with van der Waals surface area (Å²) in [5.74, 6) is 0.0747. The number of carbonyl (C=O) groups excluding carboxylic acids is 1. The van der Waals surface area contributed by atoms with E-state index < -0.39 is 0 Å². The summed E-state index contributed by atoms with van der Waals surface area (Å²) in [6.45, 7) is 4.67. The first-order valence-corrected chi connectivity index (χ1v) is 6.74. The quantitative estimate of drug-likeness (QED) is 0.832. The molecule has 0 aliphatic heterocycles. The van der Waals surface area contributed by atoms with E-state index in [1.165, 1.54) is 16.5 Å². The summed E-state index contributed by atoms with van der Waals surface area (Å²) >= 11 is 0. The van der Waals surface area contributed by atoms with Gasteiger partial charge >= 0.3 is 0 Å². The molecular formula is C15H21N3O. The van der Waals surface area contributed by atoms with E-state index in [0.29, 0.717) is 13.0 Å². The summed E-state index contributed by atoms with van der Waals surface area (Å²) in [5.41, 5.74) is 2.50. The Bertz CT molecular complexity index is 560. The van der Waals surface area contributed by atoms with Crippen LogP contribution in [0.2, 0.25) is 0 Å². The monoisotopic (exact) mass is 259 g/mol. The summed E-state index contributed by atoms with van der Waals surface area (Å²) < 4.78 is 2.14. The topological polar surface area (TPSA) is 46.1 Å². The molecule has 0 aliphatic rings. The molecule has 0 radical (unpaired) electrons. The molecule has 0 saturated carbocycles. The lowest BCUT2D eigenvalue weighted by Crippen LogP contribution is -2.19. The number of aromatic nitrogens is 1. The van der Waals surface area contributed by atoms with Gasteiger partial charge in [0.1, 0.15) is 0 Å². The zero-order valence-corrected chi connectivity index (χ0v) is 11.6. The Morgan fingerprint density at radius 3 is 2.89 bits per heavy atom. The molecule has 0 saturated heterocycles. The molecule has 2 rings (SSSR count). The lowest BCUT2D eigenvalue weighted by Gasteiger charge is -2.07. The molecule has 2 N–H and O–H groups in total. The average Bonchev–Trinajstić information content (AvgIpc) is 2.86. The van der Waals surface area contributed by atoms with E-state index in [0.717, 1.165) is 13.1 Å². The fourth-order valence-electron chi connectivity index (χ4n) is 2.24. The summed E-state index contributed by atoms with van der Waals surface area (Å²) in [5, 5.41) is 7.27. The third kappa shape index (κ3) is 3.15. The summed E-state index contributed by atoms with van der Waals surface area (Å²) in [4.78, 5) is 11.3. The third-order valence-corrected chi connectivity index (χ3v) is 3.33. The highest BCUT2D eigenvalue weighted by Crippen LogP contribution is 2.20. The normalized spacial score (nSPS) is 10.8. The number of aryl methyl sites for hydroxylation is 1. The van der Waals surface area contributed by atoms with Crippen LogP contribution in [-0.4, -0.2) is 24.1 Å². The van der Waals surface area contributed by atoms with Crippen molar-refractivity contribution in [1.82, 2.24) is 15.2 Å². The minimum Gasteiger partial charge on any atom is -0.359 e. The molecule has 1 heterocycles. The van der Waals surface area contributed by atoms with E-state index in [1.54, 1.807) is 7.05 Å². The second-order valence-electron chi connectivity index (χ2n) is 4.56. The Balaban J connectivity index is 2.20. The maximum Gasteiger partial charge on any atom is 0.221 e. The van der Waals surface area contributed by atoms with E-state index in [2.05, 4.69) is 52.6 Å². The van der Waals surface area contributed by atoms with Crippen molar-refractivity contribution in [1.29, 1.82) is 0 Å². The Labute approximate surface area is 113 Å². The van der Waals surface area contributed by atoms with Gasteiger partial charge in [-0.15, -0.1) is 0 Å². The van der Waals surface area contributed by atoms with Crippen LogP contribution in [0.15, 0.2) is 30.5 Å². The van der Waals surface area contributed by atoms with Crippen LogP contribution in [0.25, 0.3) is 10.9 Å². The van der Waals surface area contributed by atoms with E-state index in [1.807, 2.05) is 0 Å². The number of hydrogen-bond acceptors (Lipinski definition) is 2. The fourth-order valence-corrected chi connectivity index (χ4v) is 2.24. The van der Waals surface area contributed by atoms with E-state index >= 15 is 0 Å². The lowest BCUT2D eigenvalue weighted by atomic mass is 10.1. The van der Waals surface area contributed by atoms with Crippen LogP contribution in [0, 0.1) is 0 Å². The Morgan fingerprint density at radius 2 is 2.16 bits per heavy atom. The number of fused-ring (bicyclic) bond motifs is 1. The number of amides is 1. The highest BCUT2D eigenvalue weighted by molar-refractivity contribution is 5.84. The van der Waals surface area contributed by atoms with Crippen molar-refractivity contribution in [2.75, 3.05) is 13.6 Å². The molecule has 1 aromatic heterocycles. The van der Waals surface area contributed by atoms with Crippen molar-refractivity contribution in [2.45, 2.75) is 26.4 Å². The predicted octanol–water partition coefficient (Wildman–Crippen LogP) is 1.89. The van der Waals surface area contributed by atoms with Crippen molar-refractivity contribution in [3.63, 3.8) is 0 Å². The van der Waals surface area contributed by atoms with Gasteiger partial charge in [0.25, 0.3) is 0 Å². The molecule has 0 fully saturated rings. The van der Waals surface area contributed by atoms with Crippen molar-refractivity contribution in [3.05, 3.63) is 36.0 Å². The number of rotatable bonds is 6. The van der Waals surface area contributed by atoms with Gasteiger partial charge in [-0.2, -0.15) is 0 Å². The van der Waals surface area contributed by atoms with Crippen LogP contribution in [0.1, 0.15) is 18.9 Å². The van der Waals surface area contributed by atoms with E-state index in [4.69, 9.17) is 0 Å². The second kappa shape index (κ2) is 6.38. The number of hydrogen-bond donors (Lipinski definition) is 2. The minimum atomic E-state index is 0.0747. The molecule has 0 bridgehead atoms. The molecule has 0 aliphatic carbocycles. The first kappa shape index (κ1) is 13.6. The van der Waals surface area contributed by atoms with Crippen LogP contribution in [0.3, 0.4) is 0 Å². The average molecular weight is 259 g/mol. The summed E-state index contributed by atoms with van der Waals surface area (Å²) in [7, 11) is 1.67. The van der Waals surface area contributed by atoms with Gasteiger partial charge in [-0.05, 0) is 24.2 Å². The van der Waals surface area contributed by atoms with E-state index in [-0.39, 0.29) is 5.91 Å². The minimum absolute atomic E-state index is 0.0747. The standard InChI is InChI=1S/C15H21N3O/c1-3-17-11-12-5-4-6-14-13(12)7-9-18(14)10-8-15(19)16-2/h4-7,9,17H,3,8,10-11H2,1-2H3,(H,16,19). The van der Waals surface area contributed by atoms with Gasteiger partial charge in [-0.3, -0.25) is 4.79 Å². The van der Waals surface area contributed by atoms with Crippen LogP contribution in [0.4, 0.5) is 0 Å². The third-order valence-electron chi connectivity index (χ3n) is 3.33. The fraction of sp³-hybridized carbons (Fsp3) is 0.400. The van der Waals surface area contributed by atoms with Crippen molar-refractivity contribution in [3.8, 4) is 0 Å². The lowest BCUT2D eigenvalue weighted by molar-refractivity contribution is -0.120. The van der Waals surface area contributed by atoms with Gasteiger partial charge in [-0.25, -0.2) is 0 Å². The molecule has 0 unspecified atom stereocenters. The first-order chi connectivity index (χ1) is 9.26. The van der Waals surface area contributed by atoms with Crippen molar-refractivity contribution in [2.24, 2.45) is 0 Å². The highest BCUT2D eigenvalue weighted by atomic mass is 16.1. The molecule has 19 heavy (non-hydrogen) atoms. The van der Waals surface area contributed by atoms with Crippen LogP contribution >= 0.6 is 0 Å². The van der Waals surface area contributed by atoms with Gasteiger partial charge in [0, 0.05) is 43.7 Å². The molecule has 1 amide bonds. The number of nitrogens with one attached hydrogen (secondary N) is 2. The summed E-state index contributed by atoms with van der Waals surface area (Å²) in [6, 6.07) is 8.46. The Kier molecular flexibility index (Phi) is 4.58. The zero-order valence-electron chi connectivity index (χ0n) is 11.6. The molecule has 4 nitrogen and oxygen atoms in total. The number of carbonyl (C=O) groups is 1. The molecule has 1 aromatic carbocycles. The Morgan fingerprint density at radius 1 is 1.32 bits per heavy atom. The first-order valence-electron chi connectivity index (χ1n) is 6.74. The Hall–Kier alpha value is -1.81. The molecule has 2 aromatic rings. The largest absolute Gasteiger partial charge is 0.359 e. The van der Waals surface area contributed by atoms with Gasteiger partial charge in [0.15, 0.2) is 0 Å². The molecule has 102 valence electrons. The van der Waals surface area contributed by atoms with Crippen molar-refractivity contribution >= 4 is 16.8 Å². The highest BCUT2D eigenvalue weighted by Gasteiger charge is 2.06. The molecular weight excluding hydrogens is 238 g/mol. The van der Waals surface area contributed by atoms with Gasteiger partial charge in [0.2, 0.25) is 5.91 Å². The van der Waals surface area contributed by atoms with Gasteiger partial charge < -0.3 is 15.2 Å². The number of nitrogens with zero attached hydrogens (tertiary/aromatic N) is 1. The van der Waals surface area contributed by atoms with Gasteiger partial charge in [-0.1, -0.05) is 19.1 Å². The van der Waals surface area contributed by atoms with Crippen LogP contribution in [0.5, 0.6) is 0 Å². The maximum atomic E-state index is 11.3. The SMILES string of the molecule is CCNCc1cccc2c1ccn2CCC(=O)NC. The van der Waals surface area contributed by atoms with Gasteiger partial charge in [0.05, 0.1) is 0 Å². The molecule has 0 atom stereocenters. The van der Waals surface area contributed by atoms with E-state index in [9.17, 15) is 4.79 Å².